The van der Waals surface area contributed by atoms with Crippen molar-refractivity contribution in [3.63, 3.8) is 0 Å². The van der Waals surface area contributed by atoms with E-state index in [-0.39, 0.29) is 6.61 Å². The third-order valence-electron chi connectivity index (χ3n) is 7.50. The number of hydrogen-bond acceptors (Lipinski definition) is 16. The van der Waals surface area contributed by atoms with Crippen LogP contribution in [0.3, 0.4) is 0 Å². The first-order valence-corrected chi connectivity index (χ1v) is 20.4. The summed E-state index contributed by atoms with van der Waals surface area (Å²) in [5.41, 5.74) is 1.39. The van der Waals surface area contributed by atoms with Crippen LogP contribution in [0.4, 0.5) is 0 Å². The molecule has 1 N–H and O–H groups in total. The van der Waals surface area contributed by atoms with Crippen molar-refractivity contribution in [2.75, 3.05) is 13.2 Å². The summed E-state index contributed by atoms with van der Waals surface area (Å²) < 4.78 is 5.37. The zero-order valence-electron chi connectivity index (χ0n) is 39.6. The van der Waals surface area contributed by atoms with E-state index in [2.05, 4.69) is 19.1 Å². The average Bonchev–Trinajstić information content (AvgIpc) is 3.41. The first kappa shape index (κ1) is 93.3. The lowest BCUT2D eigenvalue weighted by atomic mass is 10.0. The lowest BCUT2D eigenvalue weighted by Crippen LogP contribution is -2.01. The number of carbonyl (C=O) groups is 14. The van der Waals surface area contributed by atoms with Crippen LogP contribution in [-0.2, 0) is 73.5 Å². The minimum absolute atomic E-state index is 0.0698. The van der Waals surface area contributed by atoms with E-state index in [9.17, 15) is 9.59 Å². The Bertz CT molecular complexity index is 776. The summed E-state index contributed by atoms with van der Waals surface area (Å²) in [7, 11) is 0. The highest BCUT2D eigenvalue weighted by molar-refractivity contribution is 5.49. The lowest BCUT2D eigenvalue weighted by Gasteiger charge is -2.06. The molecular weight excluding hydrogens is 833 g/mol. The molecule has 64 heavy (non-hydrogen) atoms. The van der Waals surface area contributed by atoms with Crippen LogP contribution in [0.2, 0.25) is 0 Å². The molecule has 0 heterocycles. The van der Waals surface area contributed by atoms with Crippen LogP contribution in [0.25, 0.3) is 0 Å². The molecule has 0 aliphatic carbocycles. The van der Waals surface area contributed by atoms with Crippen molar-refractivity contribution >= 4 is 94.0 Å². The summed E-state index contributed by atoms with van der Waals surface area (Å²) >= 11 is 0. The molecule has 0 bridgehead atoms. The Morgan fingerprint density at radius 3 is 0.844 bits per heavy atom. The Morgan fingerprint density at radius 2 is 0.609 bits per heavy atom. The van der Waals surface area contributed by atoms with E-state index in [1.165, 1.54) is 134 Å². The van der Waals surface area contributed by atoms with Gasteiger partial charge in [-0.1, -0.05) is 141 Å². The number of ether oxygens (including phenoxy) is 1. The molecule has 0 amide bonds. The Kier molecular flexibility index (Phi) is 225. The zero-order chi connectivity index (χ0) is 53.2. The van der Waals surface area contributed by atoms with Gasteiger partial charge in [-0.3, -0.25) is 0 Å². The first-order valence-electron chi connectivity index (χ1n) is 20.4. The SMILES string of the molecule is C=O.C=O.C=O.C=O.C=O.C=O.C=O.C=O.C=O.C=O.C=O.C=O.CCCCCCCCCCCCc1ccc(OCCO)cc1.O=CCCCCCCCCCCCCCCC=O. The molecule has 0 atom stereocenters. The van der Waals surface area contributed by atoms with Gasteiger partial charge >= 0.3 is 0 Å². The molecule has 0 unspecified atom stereocenters. The minimum Gasteiger partial charge on any atom is -0.491 e. The number of benzene rings is 1. The van der Waals surface area contributed by atoms with Crippen LogP contribution in [0.15, 0.2) is 24.3 Å². The molecule has 0 saturated heterocycles. The Hall–Kier alpha value is -5.64. The van der Waals surface area contributed by atoms with Crippen molar-refractivity contribution < 1.29 is 77.0 Å². The summed E-state index contributed by atoms with van der Waals surface area (Å²) in [4.78, 5) is 116. The molecule has 0 aliphatic rings. The molecule has 1 aromatic carbocycles. The maximum absolute atomic E-state index is 10.1. The molecule has 0 saturated carbocycles. The fourth-order valence-electron chi connectivity index (χ4n) is 4.96. The smallest absolute Gasteiger partial charge is 0.119 e. The number of aliphatic hydroxyl groups is 1. The molecule has 0 spiro atoms. The van der Waals surface area contributed by atoms with Crippen LogP contribution in [0.1, 0.15) is 167 Å². The van der Waals surface area contributed by atoms with Gasteiger partial charge in [0.25, 0.3) is 0 Å². The van der Waals surface area contributed by atoms with Gasteiger partial charge in [0.15, 0.2) is 0 Å². The average molecular weight is 921 g/mol. The first-order chi connectivity index (χ1) is 31.8. The predicted octanol–water partition coefficient (Wildman–Crippen LogP) is 8.15. The Balaban J connectivity index is -0.0000000504. The zero-order valence-corrected chi connectivity index (χ0v) is 39.6. The number of hydrogen-bond donors (Lipinski definition) is 1. The van der Waals surface area contributed by atoms with Crippen molar-refractivity contribution in [3.8, 4) is 5.75 Å². The number of carbonyl (C=O) groups excluding carboxylic acids is 14. The van der Waals surface area contributed by atoms with Crippen molar-refractivity contribution in [3.05, 3.63) is 29.8 Å². The van der Waals surface area contributed by atoms with E-state index in [4.69, 9.17) is 67.4 Å². The lowest BCUT2D eigenvalue weighted by molar-refractivity contribution is -0.108. The summed E-state index contributed by atoms with van der Waals surface area (Å²) in [5.74, 6) is 0.848. The van der Waals surface area contributed by atoms with Gasteiger partial charge < -0.3 is 77.0 Å². The summed E-state index contributed by atoms with van der Waals surface area (Å²) in [6.45, 7) is 26.7. The maximum atomic E-state index is 10.1. The monoisotopic (exact) mass is 921 g/mol. The quantitative estimate of drug-likeness (QED) is 0.0586. The molecule has 16 nitrogen and oxygen atoms in total. The summed E-state index contributed by atoms with van der Waals surface area (Å²) in [6.07, 6.45) is 33.8. The molecule has 0 radical (unpaired) electrons. The normalized spacial score (nSPS) is 7.41. The van der Waals surface area contributed by atoms with E-state index in [0.29, 0.717) is 6.61 Å². The fourth-order valence-corrected chi connectivity index (χ4v) is 4.96. The van der Waals surface area contributed by atoms with Gasteiger partial charge in [0.05, 0.1) is 6.61 Å². The second-order valence-electron chi connectivity index (χ2n) is 11.3. The van der Waals surface area contributed by atoms with Gasteiger partial charge in [-0.2, -0.15) is 0 Å². The van der Waals surface area contributed by atoms with Crippen LogP contribution in [-0.4, -0.2) is 112 Å². The van der Waals surface area contributed by atoms with Crippen LogP contribution in [0.5, 0.6) is 5.75 Å². The molecule has 1 aromatic rings. The highest BCUT2D eigenvalue weighted by Crippen LogP contribution is 2.16. The topological polar surface area (TPSA) is 268 Å². The molecule has 0 aromatic heterocycles. The number of aryl methyl sites for hydroxylation is 1. The van der Waals surface area contributed by atoms with E-state index in [1.807, 2.05) is 93.6 Å². The van der Waals surface area contributed by atoms with Crippen LogP contribution in [0, 0.1) is 0 Å². The van der Waals surface area contributed by atoms with E-state index in [1.54, 1.807) is 0 Å². The highest BCUT2D eigenvalue weighted by atomic mass is 16.5. The minimum atomic E-state index is 0.0698. The Morgan fingerprint density at radius 1 is 0.375 bits per heavy atom. The van der Waals surface area contributed by atoms with Crippen molar-refractivity contribution in [1.29, 1.82) is 0 Å². The van der Waals surface area contributed by atoms with Gasteiger partial charge in [-0.05, 0) is 43.4 Å². The van der Waals surface area contributed by atoms with Gasteiger partial charge in [-0.25, -0.2) is 0 Å². The molecule has 0 aliphatic heterocycles. The second kappa shape index (κ2) is 154. The predicted molar refractivity (Wildman–Crippen MR) is 257 cm³/mol. The molecular formula is C48H88O16. The number of aliphatic hydroxyl groups excluding tert-OH is 1. The third kappa shape index (κ3) is 138. The fraction of sp³-hybridized carbons (Fsp3) is 0.583. The Labute approximate surface area is 386 Å². The van der Waals surface area contributed by atoms with Gasteiger partial charge in [0, 0.05) is 12.8 Å². The van der Waals surface area contributed by atoms with Crippen molar-refractivity contribution in [1.82, 2.24) is 0 Å². The van der Waals surface area contributed by atoms with E-state index < -0.39 is 0 Å². The van der Waals surface area contributed by atoms with Gasteiger partial charge in [-0.15, -0.1) is 0 Å². The van der Waals surface area contributed by atoms with Gasteiger partial charge in [0.2, 0.25) is 0 Å². The van der Waals surface area contributed by atoms with E-state index >= 15 is 0 Å². The molecule has 0 fully saturated rings. The summed E-state index contributed by atoms with van der Waals surface area (Å²) in [6, 6.07) is 8.28. The van der Waals surface area contributed by atoms with Crippen molar-refractivity contribution in [2.24, 2.45) is 0 Å². The standard InChI is InChI=1S/C20H34O2.C16H30O2.12CH2O/c1-2-3-4-5-6-7-8-9-10-11-12-19-13-15-20(16-14-19)22-18-17-21;17-15-13-11-9-7-5-3-1-2-4-6-8-10-12-14-16-18;12*1-2/h13-16,21H,2-12,17-18H2,1H3;15-16H,1-14H2;12*1H2. The number of aldehydes is 2. The molecule has 1 rings (SSSR count). The number of unbranched alkanes of at least 4 members (excludes halogenated alkanes) is 22. The third-order valence-corrected chi connectivity index (χ3v) is 7.50. The highest BCUT2D eigenvalue weighted by Gasteiger charge is 1.98. The molecule has 376 valence electrons. The van der Waals surface area contributed by atoms with Crippen molar-refractivity contribution in [2.45, 2.75) is 167 Å². The maximum Gasteiger partial charge on any atom is 0.119 e. The summed E-state index contributed by atoms with van der Waals surface area (Å²) in [5, 5.41) is 8.72. The number of rotatable bonds is 29. The van der Waals surface area contributed by atoms with E-state index in [0.717, 1.165) is 50.4 Å². The van der Waals surface area contributed by atoms with Crippen LogP contribution < -0.4 is 4.74 Å². The van der Waals surface area contributed by atoms with Crippen LogP contribution >= 0.6 is 0 Å². The largest absolute Gasteiger partial charge is 0.491 e. The molecule has 16 heteroatoms. The van der Waals surface area contributed by atoms with Gasteiger partial charge in [0.1, 0.15) is 106 Å². The second-order valence-corrected chi connectivity index (χ2v) is 11.3.